The van der Waals surface area contributed by atoms with E-state index in [9.17, 15) is 0 Å². The van der Waals surface area contributed by atoms with Crippen molar-refractivity contribution in [3.05, 3.63) is 68.7 Å². The SMILES string of the molecule is CCOc1ccc(-c2csc(=NN=C(C)c3ccc(Br)cc3)n2C)cc1. The smallest absolute Gasteiger partial charge is 0.210 e. The second kappa shape index (κ2) is 8.47. The van der Waals surface area contributed by atoms with Crippen LogP contribution >= 0.6 is 27.3 Å². The maximum absolute atomic E-state index is 5.50. The Labute approximate surface area is 165 Å². The molecule has 4 nitrogen and oxygen atoms in total. The fourth-order valence-electron chi connectivity index (χ4n) is 2.48. The first-order valence-corrected chi connectivity index (χ1v) is 9.97. The highest BCUT2D eigenvalue weighted by Gasteiger charge is 2.05. The molecule has 0 aliphatic heterocycles. The third-order valence-electron chi connectivity index (χ3n) is 3.93. The molecule has 0 aliphatic rings. The van der Waals surface area contributed by atoms with Crippen molar-refractivity contribution >= 4 is 33.0 Å². The number of benzene rings is 2. The highest BCUT2D eigenvalue weighted by atomic mass is 79.9. The van der Waals surface area contributed by atoms with Gasteiger partial charge in [-0.3, -0.25) is 0 Å². The van der Waals surface area contributed by atoms with E-state index < -0.39 is 0 Å². The quantitative estimate of drug-likeness (QED) is 0.403. The molecule has 1 heterocycles. The maximum Gasteiger partial charge on any atom is 0.210 e. The average molecular weight is 430 g/mol. The molecule has 2 aromatic carbocycles. The van der Waals surface area contributed by atoms with Crippen molar-refractivity contribution in [3.8, 4) is 17.0 Å². The average Bonchev–Trinajstić information content (AvgIpc) is 3.02. The Hall–Kier alpha value is -2.18. The molecule has 26 heavy (non-hydrogen) atoms. The van der Waals surface area contributed by atoms with Crippen LogP contribution < -0.4 is 9.54 Å². The number of thiazole rings is 1. The van der Waals surface area contributed by atoms with Gasteiger partial charge in [-0.1, -0.05) is 28.1 Å². The van der Waals surface area contributed by atoms with Gasteiger partial charge in [-0.25, -0.2) is 0 Å². The van der Waals surface area contributed by atoms with Crippen LogP contribution in [0.5, 0.6) is 5.75 Å². The van der Waals surface area contributed by atoms with E-state index in [1.165, 1.54) is 0 Å². The van der Waals surface area contributed by atoms with Gasteiger partial charge in [0.2, 0.25) is 4.80 Å². The minimum Gasteiger partial charge on any atom is -0.494 e. The van der Waals surface area contributed by atoms with Crippen molar-refractivity contribution in [2.45, 2.75) is 13.8 Å². The van der Waals surface area contributed by atoms with E-state index >= 15 is 0 Å². The van der Waals surface area contributed by atoms with Crippen LogP contribution in [-0.2, 0) is 7.05 Å². The third kappa shape index (κ3) is 4.31. The normalized spacial score (nSPS) is 12.5. The molecule has 0 radical (unpaired) electrons. The lowest BCUT2D eigenvalue weighted by molar-refractivity contribution is 0.340. The zero-order valence-electron chi connectivity index (χ0n) is 14.9. The van der Waals surface area contributed by atoms with Crippen molar-refractivity contribution in [2.24, 2.45) is 17.3 Å². The zero-order chi connectivity index (χ0) is 18.5. The number of hydrogen-bond donors (Lipinski definition) is 0. The number of hydrogen-bond acceptors (Lipinski definition) is 4. The van der Waals surface area contributed by atoms with Crippen LogP contribution in [0.15, 0.2) is 68.6 Å². The molecule has 0 saturated carbocycles. The molecule has 0 fully saturated rings. The molecule has 0 saturated heterocycles. The largest absolute Gasteiger partial charge is 0.494 e. The van der Waals surface area contributed by atoms with E-state index in [1.807, 2.05) is 57.3 Å². The molecule has 6 heteroatoms. The Morgan fingerprint density at radius 3 is 2.46 bits per heavy atom. The molecular formula is C20H20BrN3OS. The number of aromatic nitrogens is 1. The van der Waals surface area contributed by atoms with Gasteiger partial charge >= 0.3 is 0 Å². The summed E-state index contributed by atoms with van der Waals surface area (Å²) in [4.78, 5) is 0.852. The Morgan fingerprint density at radius 1 is 1.12 bits per heavy atom. The number of nitrogens with zero attached hydrogens (tertiary/aromatic N) is 3. The zero-order valence-corrected chi connectivity index (χ0v) is 17.3. The summed E-state index contributed by atoms with van der Waals surface area (Å²) < 4.78 is 8.61. The molecule has 0 N–H and O–H groups in total. The molecule has 134 valence electrons. The van der Waals surface area contributed by atoms with Crippen LogP contribution in [0.3, 0.4) is 0 Å². The summed E-state index contributed by atoms with van der Waals surface area (Å²) in [6.45, 7) is 4.62. The summed E-state index contributed by atoms with van der Waals surface area (Å²) >= 11 is 5.02. The molecule has 0 amide bonds. The van der Waals surface area contributed by atoms with Gasteiger partial charge in [0.1, 0.15) is 5.75 Å². The van der Waals surface area contributed by atoms with Crippen molar-refractivity contribution < 1.29 is 4.74 Å². The molecule has 0 unspecified atom stereocenters. The lowest BCUT2D eigenvalue weighted by Crippen LogP contribution is -2.11. The van der Waals surface area contributed by atoms with E-state index in [-0.39, 0.29) is 0 Å². The Kier molecular flexibility index (Phi) is 6.06. The van der Waals surface area contributed by atoms with Crippen LogP contribution in [0, 0.1) is 0 Å². The first-order chi connectivity index (χ1) is 12.6. The van der Waals surface area contributed by atoms with Gasteiger partial charge in [0.05, 0.1) is 18.0 Å². The van der Waals surface area contributed by atoms with E-state index in [1.54, 1.807) is 11.3 Å². The number of ether oxygens (including phenoxy) is 1. The second-order valence-electron chi connectivity index (χ2n) is 5.71. The highest BCUT2D eigenvalue weighted by molar-refractivity contribution is 9.10. The minimum atomic E-state index is 0.671. The minimum absolute atomic E-state index is 0.671. The molecule has 0 bridgehead atoms. The first kappa shape index (κ1) is 18.6. The summed E-state index contributed by atoms with van der Waals surface area (Å²) in [5.41, 5.74) is 4.17. The predicted molar refractivity (Wildman–Crippen MR) is 112 cm³/mol. The summed E-state index contributed by atoms with van der Waals surface area (Å²) in [5, 5.41) is 10.9. The van der Waals surface area contributed by atoms with Crippen LogP contribution in [0.25, 0.3) is 11.3 Å². The van der Waals surface area contributed by atoms with Gasteiger partial charge in [0, 0.05) is 16.9 Å². The Bertz CT molecular complexity index is 970. The monoisotopic (exact) mass is 429 g/mol. The molecule has 1 aromatic heterocycles. The van der Waals surface area contributed by atoms with Gasteiger partial charge in [-0.2, -0.15) is 5.10 Å². The van der Waals surface area contributed by atoms with Crippen LogP contribution in [0.2, 0.25) is 0 Å². The predicted octanol–water partition coefficient (Wildman–Crippen LogP) is 5.24. The van der Waals surface area contributed by atoms with Gasteiger partial charge in [-0.15, -0.1) is 16.4 Å². The summed E-state index contributed by atoms with van der Waals surface area (Å²) in [6.07, 6.45) is 0. The van der Waals surface area contributed by atoms with Crippen LogP contribution in [0.1, 0.15) is 19.4 Å². The molecule has 3 aromatic rings. The standard InChI is InChI=1S/C20H20BrN3OS/c1-4-25-18-11-7-16(8-12-18)19-13-26-20(24(19)3)23-22-14(2)15-5-9-17(21)10-6-15/h5-13H,4H2,1-3H3. The third-order valence-corrected chi connectivity index (χ3v) is 5.37. The fraction of sp³-hybridized carbons (Fsp3) is 0.200. The molecule has 0 spiro atoms. The summed E-state index contributed by atoms with van der Waals surface area (Å²) in [6, 6.07) is 16.2. The van der Waals surface area contributed by atoms with E-state index in [0.717, 1.165) is 37.6 Å². The van der Waals surface area contributed by atoms with Crippen molar-refractivity contribution in [2.75, 3.05) is 6.61 Å². The highest BCUT2D eigenvalue weighted by Crippen LogP contribution is 2.22. The van der Waals surface area contributed by atoms with Crippen LogP contribution in [0.4, 0.5) is 0 Å². The molecular weight excluding hydrogens is 410 g/mol. The van der Waals surface area contributed by atoms with E-state index in [4.69, 9.17) is 4.74 Å². The second-order valence-corrected chi connectivity index (χ2v) is 7.46. The van der Waals surface area contributed by atoms with Crippen molar-refractivity contribution in [3.63, 3.8) is 0 Å². The van der Waals surface area contributed by atoms with E-state index in [0.29, 0.717) is 6.61 Å². The first-order valence-electron chi connectivity index (χ1n) is 8.30. The van der Waals surface area contributed by atoms with Crippen molar-refractivity contribution in [1.29, 1.82) is 0 Å². The Balaban J connectivity index is 1.87. The van der Waals surface area contributed by atoms with Crippen LogP contribution in [-0.4, -0.2) is 16.9 Å². The summed E-state index contributed by atoms with van der Waals surface area (Å²) in [5.74, 6) is 0.883. The maximum atomic E-state index is 5.50. The number of halogens is 1. The lowest BCUT2D eigenvalue weighted by atomic mass is 10.1. The lowest BCUT2D eigenvalue weighted by Gasteiger charge is -2.05. The fourth-order valence-corrected chi connectivity index (χ4v) is 3.60. The van der Waals surface area contributed by atoms with Gasteiger partial charge in [0.15, 0.2) is 0 Å². The van der Waals surface area contributed by atoms with E-state index in [2.05, 4.69) is 48.2 Å². The van der Waals surface area contributed by atoms with Gasteiger partial charge in [-0.05, 0) is 61.4 Å². The van der Waals surface area contributed by atoms with Gasteiger partial charge < -0.3 is 9.30 Å². The topological polar surface area (TPSA) is 38.9 Å². The Morgan fingerprint density at radius 2 is 1.81 bits per heavy atom. The van der Waals surface area contributed by atoms with Crippen molar-refractivity contribution in [1.82, 2.24) is 4.57 Å². The molecule has 0 atom stereocenters. The molecule has 3 rings (SSSR count). The van der Waals surface area contributed by atoms with Gasteiger partial charge in [0.25, 0.3) is 0 Å². The summed E-state index contributed by atoms with van der Waals surface area (Å²) in [7, 11) is 2.01. The number of rotatable bonds is 5. The molecule has 0 aliphatic carbocycles.